The number of non-ortho nitro benzene ring substituents is 1. The van der Waals surface area contributed by atoms with E-state index in [4.69, 9.17) is 5.10 Å². The standard InChI is InChI=1S/C30H30N6O4/c1-34(2)18-10-17-31-30(38)27(32-29(37)22-11-5-3-6-12-22)20-24-21-35(25-14-7-4-8-15-25)33-28(24)23-13-9-16-26(19-23)36(39)40/h3-9,11-16,19-21H,10,17-18H2,1-2H3,(H,31,38)(H,32,37)/b27-20-. The molecular weight excluding hydrogens is 508 g/mol. The summed E-state index contributed by atoms with van der Waals surface area (Å²) in [6.07, 6.45) is 3.99. The Morgan fingerprint density at radius 2 is 1.70 bits per heavy atom. The molecule has 0 aliphatic carbocycles. The van der Waals surface area contributed by atoms with Crippen molar-refractivity contribution in [2.24, 2.45) is 0 Å². The van der Waals surface area contributed by atoms with E-state index in [-0.39, 0.29) is 11.4 Å². The van der Waals surface area contributed by atoms with Gasteiger partial charge in [0.1, 0.15) is 11.4 Å². The number of amides is 2. The van der Waals surface area contributed by atoms with Crippen LogP contribution in [0.1, 0.15) is 22.3 Å². The number of aromatic nitrogens is 2. The van der Waals surface area contributed by atoms with Gasteiger partial charge in [-0.15, -0.1) is 0 Å². The lowest BCUT2D eigenvalue weighted by Gasteiger charge is -2.13. The van der Waals surface area contributed by atoms with Crippen molar-refractivity contribution in [2.45, 2.75) is 6.42 Å². The van der Waals surface area contributed by atoms with Crippen LogP contribution in [-0.4, -0.2) is 58.6 Å². The monoisotopic (exact) mass is 538 g/mol. The highest BCUT2D eigenvalue weighted by Crippen LogP contribution is 2.28. The van der Waals surface area contributed by atoms with Crippen LogP contribution in [0.25, 0.3) is 23.0 Å². The first-order valence-electron chi connectivity index (χ1n) is 12.7. The van der Waals surface area contributed by atoms with Gasteiger partial charge in [-0.25, -0.2) is 4.68 Å². The highest BCUT2D eigenvalue weighted by molar-refractivity contribution is 6.05. The number of benzene rings is 3. The second kappa shape index (κ2) is 13.1. The summed E-state index contributed by atoms with van der Waals surface area (Å²) in [6, 6.07) is 24.1. The maximum atomic E-state index is 13.3. The number of nitro benzene ring substituents is 1. The molecule has 1 heterocycles. The summed E-state index contributed by atoms with van der Waals surface area (Å²) in [6.45, 7) is 1.20. The summed E-state index contributed by atoms with van der Waals surface area (Å²) in [4.78, 5) is 39.3. The number of para-hydroxylation sites is 1. The lowest BCUT2D eigenvalue weighted by molar-refractivity contribution is -0.384. The van der Waals surface area contributed by atoms with E-state index in [2.05, 4.69) is 10.6 Å². The lowest BCUT2D eigenvalue weighted by atomic mass is 10.1. The molecule has 40 heavy (non-hydrogen) atoms. The van der Waals surface area contributed by atoms with Gasteiger partial charge < -0.3 is 15.5 Å². The van der Waals surface area contributed by atoms with Gasteiger partial charge in [0.05, 0.1) is 10.6 Å². The van der Waals surface area contributed by atoms with E-state index in [0.717, 1.165) is 18.7 Å². The van der Waals surface area contributed by atoms with Crippen molar-refractivity contribution in [3.05, 3.63) is 118 Å². The van der Waals surface area contributed by atoms with Gasteiger partial charge in [-0.2, -0.15) is 5.10 Å². The molecule has 2 N–H and O–H groups in total. The third kappa shape index (κ3) is 7.27. The number of rotatable bonds is 11. The number of carbonyl (C=O) groups is 2. The van der Waals surface area contributed by atoms with Gasteiger partial charge in [0, 0.05) is 41.6 Å². The summed E-state index contributed by atoms with van der Waals surface area (Å²) in [5, 5.41) is 21.8. The molecule has 2 amide bonds. The van der Waals surface area contributed by atoms with Gasteiger partial charge in [-0.3, -0.25) is 19.7 Å². The number of nitrogens with one attached hydrogen (secondary N) is 2. The van der Waals surface area contributed by atoms with Gasteiger partial charge in [-0.1, -0.05) is 48.5 Å². The Hall–Kier alpha value is -5.09. The number of nitro groups is 1. The fraction of sp³-hybridized carbons (Fsp3) is 0.167. The molecule has 0 radical (unpaired) electrons. The van der Waals surface area contributed by atoms with Gasteiger partial charge >= 0.3 is 0 Å². The predicted molar refractivity (Wildman–Crippen MR) is 154 cm³/mol. The summed E-state index contributed by atoms with van der Waals surface area (Å²) in [5.74, 6) is -0.900. The van der Waals surface area contributed by atoms with Crippen LogP contribution in [0.15, 0.2) is 96.8 Å². The van der Waals surface area contributed by atoms with Crippen molar-refractivity contribution in [1.82, 2.24) is 25.3 Å². The van der Waals surface area contributed by atoms with E-state index in [1.54, 1.807) is 59.4 Å². The van der Waals surface area contributed by atoms with Crippen LogP contribution >= 0.6 is 0 Å². The summed E-state index contributed by atoms with van der Waals surface area (Å²) >= 11 is 0. The smallest absolute Gasteiger partial charge is 0.270 e. The first-order valence-corrected chi connectivity index (χ1v) is 12.7. The second-order valence-corrected chi connectivity index (χ2v) is 9.31. The van der Waals surface area contributed by atoms with Gasteiger partial charge in [0.25, 0.3) is 17.5 Å². The minimum absolute atomic E-state index is 0.0259. The van der Waals surface area contributed by atoms with Crippen LogP contribution in [-0.2, 0) is 4.79 Å². The zero-order chi connectivity index (χ0) is 28.5. The Morgan fingerprint density at radius 3 is 2.38 bits per heavy atom. The largest absolute Gasteiger partial charge is 0.351 e. The van der Waals surface area contributed by atoms with Gasteiger partial charge in [0.15, 0.2) is 0 Å². The lowest BCUT2D eigenvalue weighted by Crippen LogP contribution is -2.36. The maximum Gasteiger partial charge on any atom is 0.270 e. The minimum Gasteiger partial charge on any atom is -0.351 e. The molecule has 0 aliphatic heterocycles. The SMILES string of the molecule is CN(C)CCCNC(=O)/C(=C/c1cn(-c2ccccc2)nc1-c1cccc([N+](=O)[O-])c1)NC(=O)c1ccccc1. The van der Waals surface area contributed by atoms with E-state index >= 15 is 0 Å². The topological polar surface area (TPSA) is 122 Å². The fourth-order valence-electron chi connectivity index (χ4n) is 3.99. The molecule has 10 nitrogen and oxygen atoms in total. The van der Waals surface area contributed by atoms with Crippen LogP contribution < -0.4 is 10.6 Å². The zero-order valence-electron chi connectivity index (χ0n) is 22.3. The molecule has 4 rings (SSSR count). The molecule has 0 saturated heterocycles. The number of nitrogens with zero attached hydrogens (tertiary/aromatic N) is 4. The van der Waals surface area contributed by atoms with Gasteiger partial charge in [0.2, 0.25) is 0 Å². The molecule has 10 heteroatoms. The summed E-state index contributed by atoms with van der Waals surface area (Å²) in [5.41, 5.74) is 2.51. The summed E-state index contributed by atoms with van der Waals surface area (Å²) in [7, 11) is 3.90. The Kier molecular flexibility index (Phi) is 9.16. The van der Waals surface area contributed by atoms with E-state index < -0.39 is 16.7 Å². The first-order chi connectivity index (χ1) is 19.3. The van der Waals surface area contributed by atoms with E-state index in [1.165, 1.54) is 12.1 Å². The third-order valence-electron chi connectivity index (χ3n) is 5.99. The van der Waals surface area contributed by atoms with Gasteiger partial charge in [-0.05, 0) is 57.4 Å². The van der Waals surface area contributed by atoms with E-state index in [1.807, 2.05) is 49.3 Å². The average Bonchev–Trinajstić information content (AvgIpc) is 3.39. The van der Waals surface area contributed by atoms with Crippen molar-refractivity contribution < 1.29 is 14.5 Å². The predicted octanol–water partition coefficient (Wildman–Crippen LogP) is 4.29. The van der Waals surface area contributed by atoms with Crippen LogP contribution in [0.2, 0.25) is 0 Å². The normalized spacial score (nSPS) is 11.3. The molecule has 0 saturated carbocycles. The molecule has 4 aromatic rings. The quantitative estimate of drug-likeness (QED) is 0.127. The van der Waals surface area contributed by atoms with Crippen LogP contribution in [0, 0.1) is 10.1 Å². The maximum absolute atomic E-state index is 13.3. The Balaban J connectivity index is 1.77. The molecule has 0 aliphatic rings. The molecule has 0 bridgehead atoms. The second-order valence-electron chi connectivity index (χ2n) is 9.31. The van der Waals surface area contributed by atoms with Crippen molar-refractivity contribution in [3.8, 4) is 16.9 Å². The molecule has 0 fully saturated rings. The van der Waals surface area contributed by atoms with Crippen LogP contribution in [0.3, 0.4) is 0 Å². The summed E-state index contributed by atoms with van der Waals surface area (Å²) < 4.78 is 1.63. The molecular formula is C30H30N6O4. The average molecular weight is 539 g/mol. The van der Waals surface area contributed by atoms with E-state index in [0.29, 0.717) is 28.9 Å². The van der Waals surface area contributed by atoms with Crippen molar-refractivity contribution in [3.63, 3.8) is 0 Å². The van der Waals surface area contributed by atoms with Crippen molar-refractivity contribution >= 4 is 23.6 Å². The number of hydrogen-bond acceptors (Lipinski definition) is 6. The molecule has 0 spiro atoms. The molecule has 204 valence electrons. The van der Waals surface area contributed by atoms with Crippen molar-refractivity contribution in [1.29, 1.82) is 0 Å². The van der Waals surface area contributed by atoms with Crippen LogP contribution in [0.5, 0.6) is 0 Å². The Labute approximate surface area is 232 Å². The molecule has 3 aromatic carbocycles. The third-order valence-corrected chi connectivity index (χ3v) is 5.99. The molecule has 1 aromatic heterocycles. The van der Waals surface area contributed by atoms with Crippen molar-refractivity contribution in [2.75, 3.05) is 27.2 Å². The fourth-order valence-corrected chi connectivity index (χ4v) is 3.99. The zero-order valence-corrected chi connectivity index (χ0v) is 22.3. The Bertz CT molecular complexity index is 1510. The minimum atomic E-state index is -0.472. The van der Waals surface area contributed by atoms with E-state index in [9.17, 15) is 19.7 Å². The first kappa shape index (κ1) is 27.9. The Morgan fingerprint density at radius 1 is 1.00 bits per heavy atom. The highest BCUT2D eigenvalue weighted by Gasteiger charge is 2.19. The van der Waals surface area contributed by atoms with Crippen LogP contribution in [0.4, 0.5) is 5.69 Å². The molecule has 0 atom stereocenters. The highest BCUT2D eigenvalue weighted by atomic mass is 16.6. The molecule has 0 unspecified atom stereocenters. The number of hydrogen-bond donors (Lipinski definition) is 2. The number of carbonyl (C=O) groups excluding carboxylic acids is 2.